The summed E-state index contributed by atoms with van der Waals surface area (Å²) >= 11 is 0. The van der Waals surface area contributed by atoms with Crippen LogP contribution in [0.2, 0.25) is 0 Å². The van der Waals surface area contributed by atoms with Crippen LogP contribution in [0.4, 0.5) is 0 Å². The van der Waals surface area contributed by atoms with Crippen molar-refractivity contribution in [1.29, 1.82) is 0 Å². The fraction of sp³-hybridized carbons (Fsp3) is 0.462. The maximum Gasteiger partial charge on any atom is 3.00 e. The van der Waals surface area contributed by atoms with Crippen LogP contribution in [0.5, 0.6) is 0 Å². The van der Waals surface area contributed by atoms with Crippen LogP contribution in [0.3, 0.4) is 0 Å². The zero-order chi connectivity index (χ0) is 9.35. The molecule has 0 bridgehead atoms. The number of allylic oxidation sites excluding steroid dienone is 3. The SMILES string of the molecule is CN(C1=C([SiH3])C=CC1)C(C)(C)C.[CH3-].[CH3-].[CH3-].[Zr+3]. The fourth-order valence-electron chi connectivity index (χ4n) is 1.41. The molecule has 1 aliphatic rings. The molecular weight excluding hydrogens is 289 g/mol. The van der Waals surface area contributed by atoms with Gasteiger partial charge >= 0.3 is 26.2 Å². The van der Waals surface area contributed by atoms with Crippen LogP contribution in [0.25, 0.3) is 0 Å². The summed E-state index contributed by atoms with van der Waals surface area (Å²) in [5.41, 5.74) is 1.78. The topological polar surface area (TPSA) is 3.24 Å². The molecule has 3 heteroatoms. The first-order chi connectivity index (χ1) is 5.43. The minimum absolute atomic E-state index is 0. The zero-order valence-electron chi connectivity index (χ0n) is 12.3. The Morgan fingerprint density at radius 3 is 1.88 bits per heavy atom. The standard InChI is InChI=1S/C10H19NSi.3CH3.Zr/c1-10(2,3)11(4)8-6-5-7-9(8)12;;;;/h5,7H,6H2,1-4,12H3;3*1H3;/q;3*-1;+3. The van der Waals surface area contributed by atoms with Gasteiger partial charge in [-0.25, -0.2) is 0 Å². The molecule has 0 heterocycles. The van der Waals surface area contributed by atoms with E-state index < -0.39 is 0 Å². The summed E-state index contributed by atoms with van der Waals surface area (Å²) in [6, 6.07) is 0. The summed E-state index contributed by atoms with van der Waals surface area (Å²) in [5.74, 6) is 0. The molecule has 1 aliphatic carbocycles. The van der Waals surface area contributed by atoms with Gasteiger partial charge in [-0.3, -0.25) is 0 Å². The van der Waals surface area contributed by atoms with Gasteiger partial charge in [-0.15, -0.1) is 0 Å². The van der Waals surface area contributed by atoms with Crippen molar-refractivity contribution in [2.45, 2.75) is 32.7 Å². The molecular formula is C13H28NSiZr. The monoisotopic (exact) mass is 316 g/mol. The van der Waals surface area contributed by atoms with Crippen molar-refractivity contribution in [1.82, 2.24) is 4.90 Å². The van der Waals surface area contributed by atoms with Crippen LogP contribution in [-0.4, -0.2) is 27.7 Å². The van der Waals surface area contributed by atoms with E-state index in [0.29, 0.717) is 0 Å². The predicted molar refractivity (Wildman–Crippen MR) is 77.5 cm³/mol. The fourth-order valence-corrected chi connectivity index (χ4v) is 2.19. The van der Waals surface area contributed by atoms with Crippen LogP contribution >= 0.6 is 0 Å². The number of rotatable bonds is 1. The minimum Gasteiger partial charge on any atom is -0.373 e. The van der Waals surface area contributed by atoms with Gasteiger partial charge in [0.05, 0.1) is 0 Å². The van der Waals surface area contributed by atoms with Gasteiger partial charge in [0, 0.05) is 34.9 Å². The van der Waals surface area contributed by atoms with Crippen LogP contribution in [0.1, 0.15) is 27.2 Å². The molecule has 0 saturated heterocycles. The van der Waals surface area contributed by atoms with E-state index in [9.17, 15) is 0 Å². The third-order valence-electron chi connectivity index (χ3n) is 2.55. The Bertz CT molecular complexity index is 239. The van der Waals surface area contributed by atoms with Gasteiger partial charge in [0.25, 0.3) is 0 Å². The molecule has 0 aromatic rings. The normalized spacial score (nSPS) is 13.2. The van der Waals surface area contributed by atoms with Crippen LogP contribution in [0, 0.1) is 22.3 Å². The summed E-state index contributed by atoms with van der Waals surface area (Å²) in [5, 5.41) is 1.55. The van der Waals surface area contributed by atoms with E-state index in [1.807, 2.05) is 0 Å². The Hall–Kier alpha value is 0.380. The van der Waals surface area contributed by atoms with Crippen molar-refractivity contribution in [3.05, 3.63) is 45.3 Å². The van der Waals surface area contributed by atoms with Gasteiger partial charge in [-0.05, 0) is 20.8 Å². The van der Waals surface area contributed by atoms with Gasteiger partial charge in [-0.1, -0.05) is 17.3 Å². The molecule has 0 unspecified atom stereocenters. The molecule has 0 saturated carbocycles. The molecule has 0 N–H and O–H groups in total. The molecule has 0 aliphatic heterocycles. The van der Waals surface area contributed by atoms with E-state index in [0.717, 1.165) is 6.42 Å². The third kappa shape index (κ3) is 6.20. The quantitative estimate of drug-likeness (QED) is 0.531. The van der Waals surface area contributed by atoms with Gasteiger partial charge in [0.2, 0.25) is 0 Å². The van der Waals surface area contributed by atoms with E-state index in [2.05, 4.69) is 44.9 Å². The second-order valence-corrected chi connectivity index (χ2v) is 5.54. The third-order valence-corrected chi connectivity index (χ3v) is 3.46. The summed E-state index contributed by atoms with van der Waals surface area (Å²) < 4.78 is 0. The molecule has 1 radical (unpaired) electrons. The summed E-state index contributed by atoms with van der Waals surface area (Å²) in [4.78, 5) is 2.40. The minimum atomic E-state index is 0. The van der Waals surface area contributed by atoms with E-state index in [-0.39, 0.29) is 54.0 Å². The summed E-state index contributed by atoms with van der Waals surface area (Å²) in [6.45, 7) is 6.77. The van der Waals surface area contributed by atoms with Gasteiger partial charge in [-0.2, -0.15) is 0 Å². The average Bonchev–Trinajstić information content (AvgIpc) is 2.31. The summed E-state index contributed by atoms with van der Waals surface area (Å²) in [6.07, 6.45) is 5.66. The predicted octanol–water partition coefficient (Wildman–Crippen LogP) is 2.60. The molecule has 16 heavy (non-hydrogen) atoms. The van der Waals surface area contributed by atoms with Crippen molar-refractivity contribution in [3.8, 4) is 0 Å². The van der Waals surface area contributed by atoms with Gasteiger partial charge < -0.3 is 27.2 Å². The maximum absolute atomic E-state index is 2.40. The molecule has 1 rings (SSSR count). The summed E-state index contributed by atoms with van der Waals surface area (Å²) in [7, 11) is 3.36. The molecule has 93 valence electrons. The first-order valence-electron chi connectivity index (χ1n) is 4.53. The second kappa shape index (κ2) is 9.41. The van der Waals surface area contributed by atoms with Crippen molar-refractivity contribution in [2.75, 3.05) is 7.05 Å². The Kier molecular flexibility index (Phi) is 14.9. The van der Waals surface area contributed by atoms with E-state index in [1.54, 1.807) is 5.20 Å². The molecule has 0 aromatic heterocycles. The van der Waals surface area contributed by atoms with Gasteiger partial charge in [0.15, 0.2) is 0 Å². The number of nitrogens with zero attached hydrogens (tertiary/aromatic N) is 1. The number of hydrogen-bond acceptors (Lipinski definition) is 1. The Balaban J connectivity index is -0.000000180. The second-order valence-electron chi connectivity index (χ2n) is 4.47. The zero-order valence-corrected chi connectivity index (χ0v) is 16.8. The smallest absolute Gasteiger partial charge is 0.373 e. The van der Waals surface area contributed by atoms with Crippen molar-refractivity contribution in [2.24, 2.45) is 0 Å². The molecule has 0 spiro atoms. The largest absolute Gasteiger partial charge is 3.00 e. The van der Waals surface area contributed by atoms with Crippen molar-refractivity contribution < 1.29 is 26.2 Å². The van der Waals surface area contributed by atoms with Gasteiger partial charge in [0.1, 0.15) is 0 Å². The van der Waals surface area contributed by atoms with E-state index in [4.69, 9.17) is 0 Å². The number of hydrogen-bond donors (Lipinski definition) is 0. The first kappa shape index (κ1) is 25.3. The van der Waals surface area contributed by atoms with Crippen molar-refractivity contribution in [3.63, 3.8) is 0 Å². The molecule has 1 nitrogen and oxygen atoms in total. The van der Waals surface area contributed by atoms with E-state index in [1.165, 1.54) is 15.9 Å². The van der Waals surface area contributed by atoms with Crippen molar-refractivity contribution >= 4 is 10.2 Å². The van der Waals surface area contributed by atoms with E-state index >= 15 is 0 Å². The molecule has 0 amide bonds. The molecule has 0 atom stereocenters. The maximum atomic E-state index is 2.40. The molecule has 0 fully saturated rings. The molecule has 0 aromatic carbocycles. The Morgan fingerprint density at radius 2 is 1.62 bits per heavy atom. The Labute approximate surface area is 126 Å². The Morgan fingerprint density at radius 1 is 1.19 bits per heavy atom. The average molecular weight is 318 g/mol. The van der Waals surface area contributed by atoms with Crippen LogP contribution in [0.15, 0.2) is 23.0 Å². The van der Waals surface area contributed by atoms with Crippen LogP contribution in [-0.2, 0) is 26.2 Å². The van der Waals surface area contributed by atoms with Crippen LogP contribution < -0.4 is 0 Å². The first-order valence-corrected chi connectivity index (χ1v) is 5.53.